The summed E-state index contributed by atoms with van der Waals surface area (Å²) in [5.41, 5.74) is 0.309. The highest BCUT2D eigenvalue weighted by Gasteiger charge is 2.50. The minimum atomic E-state index is 0.309. The fourth-order valence-electron chi connectivity index (χ4n) is 3.35. The van der Waals surface area contributed by atoms with E-state index in [0.29, 0.717) is 23.7 Å². The average molecular weight is 269 g/mol. The standard InChI is InChI=1S/C16H31NO2/c1-4-9-17-14-11-15(16(14,3)5-2)19-12-13-8-6-7-10-18-13/h13-15,17H,4-12H2,1-3H3. The maximum atomic E-state index is 6.17. The summed E-state index contributed by atoms with van der Waals surface area (Å²) in [6.07, 6.45) is 8.00. The lowest BCUT2D eigenvalue weighted by atomic mass is 9.61. The molecule has 3 heteroatoms. The van der Waals surface area contributed by atoms with Gasteiger partial charge in [0.15, 0.2) is 0 Å². The van der Waals surface area contributed by atoms with E-state index in [1.165, 1.54) is 32.1 Å². The summed E-state index contributed by atoms with van der Waals surface area (Å²) < 4.78 is 11.9. The van der Waals surface area contributed by atoms with Crippen LogP contribution in [0.15, 0.2) is 0 Å². The molecule has 19 heavy (non-hydrogen) atoms. The Morgan fingerprint density at radius 2 is 2.16 bits per heavy atom. The van der Waals surface area contributed by atoms with Crippen LogP contribution in [0.1, 0.15) is 59.3 Å². The van der Waals surface area contributed by atoms with E-state index in [4.69, 9.17) is 9.47 Å². The van der Waals surface area contributed by atoms with Crippen molar-refractivity contribution in [3.05, 3.63) is 0 Å². The van der Waals surface area contributed by atoms with Gasteiger partial charge in [0, 0.05) is 18.1 Å². The first-order valence-corrected chi connectivity index (χ1v) is 8.17. The van der Waals surface area contributed by atoms with Gasteiger partial charge in [0.2, 0.25) is 0 Å². The topological polar surface area (TPSA) is 30.5 Å². The average Bonchev–Trinajstić information content (AvgIpc) is 2.46. The van der Waals surface area contributed by atoms with E-state index in [0.717, 1.165) is 26.2 Å². The summed E-state index contributed by atoms with van der Waals surface area (Å²) >= 11 is 0. The van der Waals surface area contributed by atoms with Crippen LogP contribution in [0.5, 0.6) is 0 Å². The SMILES string of the molecule is CCCNC1CC(OCC2CCCCO2)C1(C)CC. The predicted octanol–water partition coefficient (Wildman–Crippen LogP) is 3.13. The van der Waals surface area contributed by atoms with Gasteiger partial charge in [-0.15, -0.1) is 0 Å². The van der Waals surface area contributed by atoms with Crippen LogP contribution in [-0.4, -0.2) is 38.0 Å². The number of ether oxygens (including phenoxy) is 2. The summed E-state index contributed by atoms with van der Waals surface area (Å²) in [5.74, 6) is 0. The van der Waals surface area contributed by atoms with Crippen molar-refractivity contribution >= 4 is 0 Å². The summed E-state index contributed by atoms with van der Waals surface area (Å²) in [6, 6.07) is 0.634. The maximum Gasteiger partial charge on any atom is 0.0808 e. The van der Waals surface area contributed by atoms with Gasteiger partial charge in [0.05, 0.1) is 18.8 Å². The van der Waals surface area contributed by atoms with Gasteiger partial charge in [-0.25, -0.2) is 0 Å². The van der Waals surface area contributed by atoms with Crippen molar-refractivity contribution in [2.24, 2.45) is 5.41 Å². The molecule has 112 valence electrons. The Balaban J connectivity index is 1.74. The second kappa shape index (κ2) is 7.05. The van der Waals surface area contributed by atoms with E-state index in [-0.39, 0.29) is 0 Å². The van der Waals surface area contributed by atoms with Crippen molar-refractivity contribution in [3.63, 3.8) is 0 Å². The number of hydrogen-bond acceptors (Lipinski definition) is 3. The molecule has 4 atom stereocenters. The lowest BCUT2D eigenvalue weighted by Gasteiger charge is -2.54. The molecular weight excluding hydrogens is 238 g/mol. The summed E-state index contributed by atoms with van der Waals surface area (Å²) in [7, 11) is 0. The molecule has 0 aromatic carbocycles. The Bertz CT molecular complexity index is 265. The summed E-state index contributed by atoms with van der Waals surface area (Å²) in [4.78, 5) is 0. The second-order valence-electron chi connectivity index (χ2n) is 6.41. The van der Waals surface area contributed by atoms with Crippen molar-refractivity contribution in [3.8, 4) is 0 Å². The van der Waals surface area contributed by atoms with Gasteiger partial charge >= 0.3 is 0 Å². The van der Waals surface area contributed by atoms with Crippen LogP contribution in [0, 0.1) is 5.41 Å². The molecule has 2 aliphatic rings. The predicted molar refractivity (Wildman–Crippen MR) is 78.4 cm³/mol. The molecule has 2 rings (SSSR count). The van der Waals surface area contributed by atoms with Crippen LogP contribution in [0.3, 0.4) is 0 Å². The molecule has 3 nitrogen and oxygen atoms in total. The largest absolute Gasteiger partial charge is 0.376 e. The quantitative estimate of drug-likeness (QED) is 0.770. The summed E-state index contributed by atoms with van der Waals surface area (Å²) in [5, 5.41) is 3.67. The Morgan fingerprint density at radius 3 is 2.79 bits per heavy atom. The molecule has 0 amide bonds. The number of nitrogens with one attached hydrogen (secondary N) is 1. The first-order chi connectivity index (χ1) is 9.20. The van der Waals surface area contributed by atoms with E-state index < -0.39 is 0 Å². The van der Waals surface area contributed by atoms with E-state index in [9.17, 15) is 0 Å². The number of hydrogen-bond donors (Lipinski definition) is 1. The maximum absolute atomic E-state index is 6.17. The fraction of sp³-hybridized carbons (Fsp3) is 1.00. The van der Waals surface area contributed by atoms with Crippen LogP contribution in [0.25, 0.3) is 0 Å². The molecule has 1 aliphatic carbocycles. The highest BCUT2D eigenvalue weighted by Crippen LogP contribution is 2.46. The first-order valence-electron chi connectivity index (χ1n) is 8.17. The molecule has 0 spiro atoms. The third-order valence-corrected chi connectivity index (χ3v) is 5.14. The van der Waals surface area contributed by atoms with Gasteiger partial charge < -0.3 is 14.8 Å². The minimum absolute atomic E-state index is 0.309. The monoisotopic (exact) mass is 269 g/mol. The zero-order valence-corrected chi connectivity index (χ0v) is 12.9. The van der Waals surface area contributed by atoms with E-state index in [1.54, 1.807) is 0 Å². The van der Waals surface area contributed by atoms with Gasteiger partial charge in [-0.3, -0.25) is 0 Å². The molecular formula is C16H31NO2. The Morgan fingerprint density at radius 1 is 1.32 bits per heavy atom. The molecule has 1 aliphatic heterocycles. The number of rotatable bonds is 7. The molecule has 1 N–H and O–H groups in total. The smallest absolute Gasteiger partial charge is 0.0808 e. The minimum Gasteiger partial charge on any atom is -0.376 e. The molecule has 4 unspecified atom stereocenters. The molecule has 1 saturated carbocycles. The third-order valence-electron chi connectivity index (χ3n) is 5.14. The first kappa shape index (κ1) is 15.3. The van der Waals surface area contributed by atoms with Crippen LogP contribution in [0.4, 0.5) is 0 Å². The molecule has 2 fully saturated rings. The van der Waals surface area contributed by atoms with Gasteiger partial charge in [-0.05, 0) is 45.1 Å². The van der Waals surface area contributed by atoms with Gasteiger partial charge in [0.25, 0.3) is 0 Å². The molecule has 1 heterocycles. The fourth-order valence-corrected chi connectivity index (χ4v) is 3.35. The normalized spacial score (nSPS) is 39.0. The Kier molecular flexibility index (Phi) is 5.67. The lowest BCUT2D eigenvalue weighted by molar-refractivity contribution is -0.155. The van der Waals surface area contributed by atoms with Crippen molar-refractivity contribution in [2.75, 3.05) is 19.8 Å². The van der Waals surface area contributed by atoms with Crippen molar-refractivity contribution in [2.45, 2.75) is 77.5 Å². The highest BCUT2D eigenvalue weighted by molar-refractivity contribution is 5.04. The van der Waals surface area contributed by atoms with Crippen LogP contribution >= 0.6 is 0 Å². The van der Waals surface area contributed by atoms with Crippen LogP contribution < -0.4 is 5.32 Å². The third kappa shape index (κ3) is 3.50. The van der Waals surface area contributed by atoms with Crippen molar-refractivity contribution in [1.82, 2.24) is 5.32 Å². The summed E-state index contributed by atoms with van der Waals surface area (Å²) in [6.45, 7) is 9.72. The van der Waals surface area contributed by atoms with Crippen molar-refractivity contribution < 1.29 is 9.47 Å². The Labute approximate surface area is 118 Å². The van der Waals surface area contributed by atoms with Crippen molar-refractivity contribution in [1.29, 1.82) is 0 Å². The molecule has 0 radical (unpaired) electrons. The molecule has 0 aromatic rings. The van der Waals surface area contributed by atoms with Crippen LogP contribution in [0.2, 0.25) is 0 Å². The molecule has 0 aromatic heterocycles. The van der Waals surface area contributed by atoms with Gasteiger partial charge in [0.1, 0.15) is 0 Å². The molecule has 1 saturated heterocycles. The van der Waals surface area contributed by atoms with E-state index in [1.807, 2.05) is 0 Å². The van der Waals surface area contributed by atoms with E-state index >= 15 is 0 Å². The van der Waals surface area contributed by atoms with Gasteiger partial charge in [-0.2, -0.15) is 0 Å². The zero-order chi connectivity index (χ0) is 13.7. The zero-order valence-electron chi connectivity index (χ0n) is 12.9. The van der Waals surface area contributed by atoms with Gasteiger partial charge in [-0.1, -0.05) is 20.8 Å². The van der Waals surface area contributed by atoms with E-state index in [2.05, 4.69) is 26.1 Å². The second-order valence-corrected chi connectivity index (χ2v) is 6.41. The van der Waals surface area contributed by atoms with Crippen LogP contribution in [-0.2, 0) is 9.47 Å². The molecule has 0 bridgehead atoms. The Hall–Kier alpha value is -0.120. The lowest BCUT2D eigenvalue weighted by Crippen LogP contribution is -2.62. The highest BCUT2D eigenvalue weighted by atomic mass is 16.5.